The van der Waals surface area contributed by atoms with Gasteiger partial charge >= 0.3 is 0 Å². The van der Waals surface area contributed by atoms with E-state index in [1.807, 2.05) is 79.8 Å². The number of anilines is 1. The highest BCUT2D eigenvalue weighted by molar-refractivity contribution is 6.30. The Morgan fingerprint density at radius 3 is 2.16 bits per heavy atom. The number of aromatic nitrogens is 3. The van der Waals surface area contributed by atoms with Crippen LogP contribution in [0.5, 0.6) is 0 Å². The number of nitrogens with two attached hydrogens (primary N) is 1. The summed E-state index contributed by atoms with van der Waals surface area (Å²) in [7, 11) is 1.90. The van der Waals surface area contributed by atoms with Crippen LogP contribution in [0.25, 0.3) is 44.7 Å². The van der Waals surface area contributed by atoms with Crippen LogP contribution in [0.1, 0.15) is 0 Å². The Morgan fingerprint density at radius 1 is 0.844 bits per heavy atom. The van der Waals surface area contributed by atoms with E-state index in [9.17, 15) is 0 Å². The van der Waals surface area contributed by atoms with Gasteiger partial charge in [-0.15, -0.1) is 0 Å². The number of rotatable bonds is 4. The predicted octanol–water partition coefficient (Wildman–Crippen LogP) is 5.83. The molecule has 2 aromatic heterocycles. The number of fused-ring (bicyclic) bond motifs is 1. The maximum absolute atomic E-state index is 6.06. The Kier molecular flexibility index (Phi) is 4.92. The SMILES string of the molecule is C=[N+](C)c1ccc(-c2cc(-c3ccc4noc(-c5ccc(Cl)cc5)c4c3)nc(N)n2)cc1. The first-order valence-electron chi connectivity index (χ1n) is 9.93. The Bertz CT molecular complexity index is 1460. The van der Waals surface area contributed by atoms with Crippen molar-refractivity contribution in [3.8, 4) is 33.8 Å². The second kappa shape index (κ2) is 7.90. The molecule has 0 saturated heterocycles. The second-order valence-electron chi connectivity index (χ2n) is 7.49. The summed E-state index contributed by atoms with van der Waals surface area (Å²) >= 11 is 6.02. The Balaban J connectivity index is 1.58. The molecule has 0 aliphatic rings. The topological polar surface area (TPSA) is 80.8 Å². The molecule has 0 aliphatic heterocycles. The van der Waals surface area contributed by atoms with Crippen molar-refractivity contribution in [1.82, 2.24) is 15.1 Å². The van der Waals surface area contributed by atoms with Crippen LogP contribution < -0.4 is 5.73 Å². The van der Waals surface area contributed by atoms with Gasteiger partial charge in [0, 0.05) is 33.8 Å². The van der Waals surface area contributed by atoms with Crippen LogP contribution in [0, 0.1) is 0 Å². The van der Waals surface area contributed by atoms with Crippen molar-refractivity contribution in [2.45, 2.75) is 0 Å². The van der Waals surface area contributed by atoms with Crippen LogP contribution in [-0.4, -0.2) is 33.5 Å². The van der Waals surface area contributed by atoms with E-state index in [2.05, 4.69) is 21.8 Å². The fourth-order valence-corrected chi connectivity index (χ4v) is 3.68. The van der Waals surface area contributed by atoms with Gasteiger partial charge in [0.15, 0.2) is 5.76 Å². The van der Waals surface area contributed by atoms with E-state index in [0.717, 1.165) is 44.7 Å². The number of halogens is 1. The van der Waals surface area contributed by atoms with Crippen molar-refractivity contribution < 1.29 is 9.10 Å². The molecule has 0 spiro atoms. The molecular weight excluding hydrogens is 422 g/mol. The van der Waals surface area contributed by atoms with Crippen molar-refractivity contribution in [3.05, 3.63) is 77.8 Å². The molecule has 32 heavy (non-hydrogen) atoms. The minimum absolute atomic E-state index is 0.208. The van der Waals surface area contributed by atoms with Crippen molar-refractivity contribution in [2.24, 2.45) is 0 Å². The molecule has 0 fully saturated rings. The monoisotopic (exact) mass is 440 g/mol. The molecule has 2 N–H and O–H groups in total. The Labute approximate surface area is 189 Å². The summed E-state index contributed by atoms with van der Waals surface area (Å²) in [6, 6.07) is 23.2. The number of hydrogen-bond acceptors (Lipinski definition) is 5. The molecule has 0 atom stereocenters. The number of nitrogen functional groups attached to an aromatic ring is 1. The van der Waals surface area contributed by atoms with E-state index in [0.29, 0.717) is 10.8 Å². The van der Waals surface area contributed by atoms with Gasteiger partial charge in [-0.3, -0.25) is 0 Å². The summed E-state index contributed by atoms with van der Waals surface area (Å²) in [5, 5.41) is 5.73. The lowest BCUT2D eigenvalue weighted by molar-refractivity contribution is -0.394. The minimum atomic E-state index is 0.208. The van der Waals surface area contributed by atoms with Crippen LogP contribution in [0.15, 0.2) is 77.3 Å². The van der Waals surface area contributed by atoms with E-state index in [-0.39, 0.29) is 5.95 Å². The predicted molar refractivity (Wildman–Crippen MR) is 128 cm³/mol. The largest absolute Gasteiger partial charge is 0.368 e. The molecule has 0 aliphatic carbocycles. The molecule has 0 bridgehead atoms. The third kappa shape index (κ3) is 3.72. The molecule has 5 rings (SSSR count). The molecular formula is C25H19ClN5O+. The Hall–Kier alpha value is -4.03. The van der Waals surface area contributed by atoms with Crippen molar-refractivity contribution in [3.63, 3.8) is 0 Å². The molecule has 0 saturated carbocycles. The highest BCUT2D eigenvalue weighted by Gasteiger charge is 2.14. The van der Waals surface area contributed by atoms with Gasteiger partial charge < -0.3 is 10.3 Å². The lowest BCUT2D eigenvalue weighted by Crippen LogP contribution is -1.99. The molecule has 0 unspecified atom stereocenters. The first-order valence-corrected chi connectivity index (χ1v) is 10.3. The van der Waals surface area contributed by atoms with Gasteiger partial charge in [-0.2, -0.15) is 0 Å². The zero-order valence-corrected chi connectivity index (χ0v) is 18.0. The third-order valence-electron chi connectivity index (χ3n) is 5.23. The number of nitrogens with zero attached hydrogens (tertiary/aromatic N) is 4. The zero-order valence-electron chi connectivity index (χ0n) is 17.3. The minimum Gasteiger partial charge on any atom is -0.368 e. The van der Waals surface area contributed by atoms with Crippen LogP contribution in [-0.2, 0) is 0 Å². The standard InChI is InChI=1S/C25H19ClN5O/c1-31(2)19-10-5-15(6-11-19)22-14-23(29-25(27)28-22)17-7-12-21-20(13-17)24(32-30-21)16-3-8-18(26)9-4-16/h3-14H,1H2,2H3,(H2,27,28,29)/q+1. The molecule has 7 heteroatoms. The van der Waals surface area contributed by atoms with E-state index < -0.39 is 0 Å². The van der Waals surface area contributed by atoms with E-state index in [4.69, 9.17) is 21.9 Å². The molecule has 0 radical (unpaired) electrons. The lowest BCUT2D eigenvalue weighted by atomic mass is 10.0. The van der Waals surface area contributed by atoms with Gasteiger partial charge in [0.1, 0.15) is 19.3 Å². The van der Waals surface area contributed by atoms with E-state index in [1.165, 1.54) is 0 Å². The molecule has 3 aromatic carbocycles. The quantitative estimate of drug-likeness (QED) is 0.281. The van der Waals surface area contributed by atoms with Crippen LogP contribution in [0.3, 0.4) is 0 Å². The van der Waals surface area contributed by atoms with Crippen molar-refractivity contribution in [2.75, 3.05) is 12.8 Å². The highest BCUT2D eigenvalue weighted by atomic mass is 35.5. The van der Waals surface area contributed by atoms with Crippen LogP contribution in [0.2, 0.25) is 5.02 Å². The second-order valence-corrected chi connectivity index (χ2v) is 7.93. The van der Waals surface area contributed by atoms with Gasteiger partial charge in [-0.05, 0) is 54.6 Å². The average molecular weight is 441 g/mol. The number of benzene rings is 3. The summed E-state index contributed by atoms with van der Waals surface area (Å²) in [6.07, 6.45) is 0. The highest BCUT2D eigenvalue weighted by Crippen LogP contribution is 2.33. The zero-order chi connectivity index (χ0) is 22.2. The Morgan fingerprint density at radius 2 is 1.47 bits per heavy atom. The third-order valence-corrected chi connectivity index (χ3v) is 5.48. The fourth-order valence-electron chi connectivity index (χ4n) is 3.56. The summed E-state index contributed by atoms with van der Waals surface area (Å²) in [5.41, 5.74) is 12.0. The fraction of sp³-hybridized carbons (Fsp3) is 0.0400. The summed E-state index contributed by atoms with van der Waals surface area (Å²) < 4.78 is 7.42. The molecule has 0 amide bonds. The molecule has 156 valence electrons. The van der Waals surface area contributed by atoms with Crippen molar-refractivity contribution in [1.29, 1.82) is 0 Å². The van der Waals surface area contributed by atoms with Crippen molar-refractivity contribution >= 4 is 40.9 Å². The normalized spacial score (nSPS) is 11.1. The van der Waals surface area contributed by atoms with E-state index in [1.54, 1.807) is 4.58 Å². The van der Waals surface area contributed by atoms with Crippen LogP contribution >= 0.6 is 11.6 Å². The molecule has 6 nitrogen and oxygen atoms in total. The van der Waals surface area contributed by atoms with Gasteiger partial charge in [0.25, 0.3) is 0 Å². The van der Waals surface area contributed by atoms with Crippen LogP contribution in [0.4, 0.5) is 11.6 Å². The summed E-state index contributed by atoms with van der Waals surface area (Å²) in [6.45, 7) is 3.90. The lowest BCUT2D eigenvalue weighted by Gasteiger charge is -2.07. The summed E-state index contributed by atoms with van der Waals surface area (Å²) in [5.74, 6) is 0.882. The summed E-state index contributed by atoms with van der Waals surface area (Å²) in [4.78, 5) is 8.88. The molecule has 5 aromatic rings. The number of hydrogen-bond donors (Lipinski definition) is 1. The average Bonchev–Trinajstić information content (AvgIpc) is 3.22. The smallest absolute Gasteiger partial charge is 0.221 e. The molecule has 2 heterocycles. The van der Waals surface area contributed by atoms with Gasteiger partial charge in [0.05, 0.1) is 16.8 Å². The van der Waals surface area contributed by atoms with Gasteiger partial charge in [0.2, 0.25) is 11.6 Å². The first-order chi connectivity index (χ1) is 15.5. The van der Waals surface area contributed by atoms with Gasteiger partial charge in [-0.25, -0.2) is 14.5 Å². The first kappa shape index (κ1) is 19.9. The van der Waals surface area contributed by atoms with Gasteiger partial charge in [-0.1, -0.05) is 22.8 Å². The maximum atomic E-state index is 6.06. The maximum Gasteiger partial charge on any atom is 0.221 e. The van der Waals surface area contributed by atoms with E-state index >= 15 is 0 Å².